The zero-order chi connectivity index (χ0) is 10.6. The predicted molar refractivity (Wildman–Crippen MR) is 64.6 cm³/mol. The number of rotatable bonds is 4. The van der Waals surface area contributed by atoms with E-state index in [1.54, 1.807) is 7.11 Å². The Morgan fingerprint density at radius 3 is 2.57 bits per heavy atom. The van der Waals surface area contributed by atoms with Crippen LogP contribution in [0.4, 0.5) is 0 Å². The zero-order valence-electron chi connectivity index (χ0n) is 9.01. The Morgan fingerprint density at radius 2 is 2.14 bits per heavy atom. The number of alkyl halides is 1. The van der Waals surface area contributed by atoms with Crippen LogP contribution in [0.1, 0.15) is 30.4 Å². The van der Waals surface area contributed by atoms with Gasteiger partial charge in [-0.25, -0.2) is 0 Å². The number of hydrogen-bond donors (Lipinski definition) is 0. The molecule has 0 aromatic heterocycles. The molecule has 0 amide bonds. The fourth-order valence-corrected chi connectivity index (χ4v) is 2.42. The minimum Gasteiger partial charge on any atom is -0.496 e. The molecule has 0 fully saturated rings. The van der Waals surface area contributed by atoms with E-state index < -0.39 is 0 Å². The van der Waals surface area contributed by atoms with Crippen molar-refractivity contribution < 1.29 is 4.74 Å². The van der Waals surface area contributed by atoms with Crippen LogP contribution in [0.25, 0.3) is 0 Å². The molecule has 1 aromatic rings. The molecule has 2 heteroatoms. The Hall–Kier alpha value is -0.500. The average Bonchev–Trinajstić information content (AvgIpc) is 2.20. The summed E-state index contributed by atoms with van der Waals surface area (Å²) in [6.07, 6.45) is 1.16. The second-order valence-electron chi connectivity index (χ2n) is 3.49. The molecule has 0 bridgehead atoms. The van der Waals surface area contributed by atoms with E-state index in [9.17, 15) is 0 Å². The molecule has 0 saturated carbocycles. The topological polar surface area (TPSA) is 9.23 Å². The second kappa shape index (κ2) is 5.40. The Balaban J connectivity index is 2.95. The lowest BCUT2D eigenvalue weighted by Gasteiger charge is -2.14. The third kappa shape index (κ3) is 2.50. The summed E-state index contributed by atoms with van der Waals surface area (Å²) in [6, 6.07) is 6.42. The molecule has 78 valence electrons. The van der Waals surface area contributed by atoms with Crippen LogP contribution in [-0.4, -0.2) is 12.4 Å². The minimum absolute atomic E-state index is 0.611. The minimum atomic E-state index is 0.611. The van der Waals surface area contributed by atoms with Crippen LogP contribution in [-0.2, 0) is 0 Å². The van der Waals surface area contributed by atoms with Gasteiger partial charge in [0, 0.05) is 5.33 Å². The molecule has 0 heterocycles. The smallest absolute Gasteiger partial charge is 0.121 e. The Kier molecular flexibility index (Phi) is 4.46. The molecule has 1 rings (SSSR count). The molecule has 0 radical (unpaired) electrons. The molecule has 1 atom stereocenters. The van der Waals surface area contributed by atoms with Gasteiger partial charge in [0.1, 0.15) is 5.75 Å². The van der Waals surface area contributed by atoms with E-state index in [2.05, 4.69) is 48.0 Å². The predicted octanol–water partition coefficient (Wildman–Crippen LogP) is 3.89. The van der Waals surface area contributed by atoms with Gasteiger partial charge in [0.2, 0.25) is 0 Å². The quantitative estimate of drug-likeness (QED) is 0.743. The molecule has 0 aliphatic heterocycles. The maximum Gasteiger partial charge on any atom is 0.121 e. The summed E-state index contributed by atoms with van der Waals surface area (Å²) >= 11 is 3.54. The van der Waals surface area contributed by atoms with Gasteiger partial charge < -0.3 is 4.74 Å². The molecule has 1 aromatic carbocycles. The first-order valence-corrected chi connectivity index (χ1v) is 6.05. The lowest BCUT2D eigenvalue weighted by molar-refractivity contribution is 0.411. The lowest BCUT2D eigenvalue weighted by atomic mass is 9.97. The SMILES string of the molecule is CCC(CBr)c1ccc(OC)c(C)c1. The summed E-state index contributed by atoms with van der Waals surface area (Å²) in [5, 5.41) is 1.02. The maximum absolute atomic E-state index is 5.24. The largest absolute Gasteiger partial charge is 0.496 e. The first-order chi connectivity index (χ1) is 6.72. The summed E-state index contributed by atoms with van der Waals surface area (Å²) in [7, 11) is 1.71. The van der Waals surface area contributed by atoms with E-state index in [1.807, 2.05) is 0 Å². The van der Waals surface area contributed by atoms with Gasteiger partial charge in [-0.2, -0.15) is 0 Å². The van der Waals surface area contributed by atoms with Crippen molar-refractivity contribution in [1.29, 1.82) is 0 Å². The van der Waals surface area contributed by atoms with E-state index in [0.29, 0.717) is 5.92 Å². The summed E-state index contributed by atoms with van der Waals surface area (Å²) in [6.45, 7) is 4.30. The second-order valence-corrected chi connectivity index (χ2v) is 4.14. The fraction of sp³-hybridized carbons (Fsp3) is 0.500. The van der Waals surface area contributed by atoms with Crippen molar-refractivity contribution in [2.45, 2.75) is 26.2 Å². The van der Waals surface area contributed by atoms with Gasteiger partial charge in [0.25, 0.3) is 0 Å². The number of hydrogen-bond acceptors (Lipinski definition) is 1. The molecule has 0 N–H and O–H groups in total. The van der Waals surface area contributed by atoms with Crippen LogP contribution in [0, 0.1) is 6.92 Å². The van der Waals surface area contributed by atoms with Crippen LogP contribution in [0.3, 0.4) is 0 Å². The maximum atomic E-state index is 5.24. The summed E-state index contributed by atoms with van der Waals surface area (Å²) < 4.78 is 5.24. The highest BCUT2D eigenvalue weighted by molar-refractivity contribution is 9.09. The summed E-state index contributed by atoms with van der Waals surface area (Å²) in [4.78, 5) is 0. The fourth-order valence-electron chi connectivity index (χ4n) is 1.59. The van der Waals surface area contributed by atoms with E-state index in [4.69, 9.17) is 4.74 Å². The van der Waals surface area contributed by atoms with Crippen molar-refractivity contribution in [3.63, 3.8) is 0 Å². The molecule has 1 nitrogen and oxygen atoms in total. The van der Waals surface area contributed by atoms with E-state index in [-0.39, 0.29) is 0 Å². The molecule has 0 aliphatic carbocycles. The van der Waals surface area contributed by atoms with E-state index >= 15 is 0 Å². The standard InChI is InChI=1S/C12H17BrO/c1-4-10(8-13)11-5-6-12(14-3)9(2)7-11/h5-7,10H,4,8H2,1-3H3. The number of ether oxygens (including phenoxy) is 1. The Bertz CT molecular complexity index is 292. The highest BCUT2D eigenvalue weighted by atomic mass is 79.9. The zero-order valence-corrected chi connectivity index (χ0v) is 10.6. The molecule has 0 aliphatic rings. The number of aryl methyl sites for hydroxylation is 1. The molecule has 14 heavy (non-hydrogen) atoms. The monoisotopic (exact) mass is 256 g/mol. The third-order valence-electron chi connectivity index (χ3n) is 2.57. The van der Waals surface area contributed by atoms with Crippen LogP contribution >= 0.6 is 15.9 Å². The first kappa shape index (κ1) is 11.6. The third-order valence-corrected chi connectivity index (χ3v) is 3.35. The normalized spacial score (nSPS) is 12.6. The van der Waals surface area contributed by atoms with Crippen LogP contribution in [0.15, 0.2) is 18.2 Å². The molecular formula is C12H17BrO. The van der Waals surface area contributed by atoms with Crippen molar-refractivity contribution in [2.75, 3.05) is 12.4 Å². The van der Waals surface area contributed by atoms with Gasteiger partial charge in [0.05, 0.1) is 7.11 Å². The van der Waals surface area contributed by atoms with Gasteiger partial charge in [-0.3, -0.25) is 0 Å². The number of methoxy groups -OCH3 is 1. The van der Waals surface area contributed by atoms with Gasteiger partial charge in [-0.05, 0) is 36.5 Å². The Labute approximate surface area is 94.6 Å². The molecular weight excluding hydrogens is 240 g/mol. The molecule has 1 unspecified atom stereocenters. The van der Waals surface area contributed by atoms with Crippen molar-refractivity contribution in [1.82, 2.24) is 0 Å². The van der Waals surface area contributed by atoms with E-state index in [0.717, 1.165) is 17.5 Å². The lowest BCUT2D eigenvalue weighted by Crippen LogP contribution is -1.99. The molecule has 0 spiro atoms. The van der Waals surface area contributed by atoms with E-state index in [1.165, 1.54) is 11.1 Å². The molecule has 0 saturated heterocycles. The van der Waals surface area contributed by atoms with Gasteiger partial charge >= 0.3 is 0 Å². The first-order valence-electron chi connectivity index (χ1n) is 4.93. The number of benzene rings is 1. The van der Waals surface area contributed by atoms with Crippen LogP contribution in [0.5, 0.6) is 5.75 Å². The van der Waals surface area contributed by atoms with Gasteiger partial charge in [-0.1, -0.05) is 35.0 Å². The summed E-state index contributed by atoms with van der Waals surface area (Å²) in [5.74, 6) is 1.58. The number of halogens is 1. The van der Waals surface area contributed by atoms with Crippen LogP contribution in [0.2, 0.25) is 0 Å². The summed E-state index contributed by atoms with van der Waals surface area (Å²) in [5.41, 5.74) is 2.60. The van der Waals surface area contributed by atoms with Gasteiger partial charge in [0.15, 0.2) is 0 Å². The highest BCUT2D eigenvalue weighted by Gasteiger charge is 2.08. The highest BCUT2D eigenvalue weighted by Crippen LogP contribution is 2.26. The van der Waals surface area contributed by atoms with Crippen molar-refractivity contribution in [3.05, 3.63) is 29.3 Å². The van der Waals surface area contributed by atoms with Crippen molar-refractivity contribution in [3.8, 4) is 5.75 Å². The van der Waals surface area contributed by atoms with Gasteiger partial charge in [-0.15, -0.1) is 0 Å². The Morgan fingerprint density at radius 1 is 1.43 bits per heavy atom. The van der Waals surface area contributed by atoms with Crippen molar-refractivity contribution in [2.24, 2.45) is 0 Å². The van der Waals surface area contributed by atoms with Crippen molar-refractivity contribution >= 4 is 15.9 Å². The van der Waals surface area contributed by atoms with Crippen LogP contribution < -0.4 is 4.74 Å². The average molecular weight is 257 g/mol.